The topological polar surface area (TPSA) is 72.2 Å². The number of amides is 1. The Hall–Kier alpha value is -3.24. The summed E-state index contributed by atoms with van der Waals surface area (Å²) < 4.78 is 0. The van der Waals surface area contributed by atoms with E-state index in [1.54, 1.807) is 54.6 Å². The first-order valence-corrected chi connectivity index (χ1v) is 7.98. The predicted octanol–water partition coefficient (Wildman–Crippen LogP) is 3.63. The Balaban J connectivity index is 1.90. The molecular formula is C21H18N2O2. The van der Waals surface area contributed by atoms with Crippen molar-refractivity contribution in [3.8, 4) is 0 Å². The van der Waals surface area contributed by atoms with Crippen LogP contribution in [0.4, 0.5) is 5.69 Å². The second-order valence-electron chi connectivity index (χ2n) is 5.59. The number of benzene rings is 3. The molecule has 0 aliphatic rings. The molecule has 0 aliphatic carbocycles. The number of hydrogen-bond donors (Lipinski definition) is 2. The van der Waals surface area contributed by atoms with Crippen molar-refractivity contribution in [2.24, 2.45) is 5.73 Å². The molecule has 0 radical (unpaired) electrons. The van der Waals surface area contributed by atoms with E-state index in [-0.39, 0.29) is 18.2 Å². The molecule has 0 bridgehead atoms. The van der Waals surface area contributed by atoms with Gasteiger partial charge in [0.2, 0.25) is 0 Å². The van der Waals surface area contributed by atoms with E-state index >= 15 is 0 Å². The smallest absolute Gasteiger partial charge is 0.255 e. The van der Waals surface area contributed by atoms with Gasteiger partial charge in [-0.1, -0.05) is 60.7 Å². The van der Waals surface area contributed by atoms with Gasteiger partial charge in [-0.2, -0.15) is 0 Å². The third-order valence-electron chi connectivity index (χ3n) is 3.91. The van der Waals surface area contributed by atoms with Crippen LogP contribution in [0.25, 0.3) is 0 Å². The minimum Gasteiger partial charge on any atom is -0.326 e. The van der Waals surface area contributed by atoms with Crippen LogP contribution in [0.2, 0.25) is 0 Å². The quantitative estimate of drug-likeness (QED) is 0.702. The minimum atomic E-state index is -0.236. The first-order valence-electron chi connectivity index (χ1n) is 7.98. The minimum absolute atomic E-state index is 0.0978. The van der Waals surface area contributed by atoms with Gasteiger partial charge in [-0.05, 0) is 23.8 Å². The standard InChI is InChI=1S/C21H18N2O2/c22-14-18-12-11-17(20(24)15-7-3-1-4-8-15)13-19(18)23-21(25)16-9-5-2-6-10-16/h1-13H,14,22H2,(H,23,25). The second-order valence-corrected chi connectivity index (χ2v) is 5.59. The van der Waals surface area contributed by atoms with Gasteiger partial charge in [-0.3, -0.25) is 9.59 Å². The van der Waals surface area contributed by atoms with Crippen molar-refractivity contribution in [2.75, 3.05) is 5.32 Å². The summed E-state index contributed by atoms with van der Waals surface area (Å²) in [4.78, 5) is 25.0. The highest BCUT2D eigenvalue weighted by atomic mass is 16.1. The van der Waals surface area contributed by atoms with E-state index in [1.807, 2.05) is 24.3 Å². The fourth-order valence-corrected chi connectivity index (χ4v) is 2.55. The maximum Gasteiger partial charge on any atom is 0.255 e. The number of nitrogens with one attached hydrogen (secondary N) is 1. The van der Waals surface area contributed by atoms with Crippen LogP contribution >= 0.6 is 0 Å². The van der Waals surface area contributed by atoms with Gasteiger partial charge in [-0.25, -0.2) is 0 Å². The molecule has 3 aromatic rings. The van der Waals surface area contributed by atoms with E-state index in [0.717, 1.165) is 5.56 Å². The Morgan fingerprint density at radius 1 is 0.760 bits per heavy atom. The molecule has 0 saturated heterocycles. The van der Waals surface area contributed by atoms with Crippen LogP contribution in [-0.4, -0.2) is 11.7 Å². The van der Waals surface area contributed by atoms with Crippen molar-refractivity contribution in [3.63, 3.8) is 0 Å². The molecule has 0 fully saturated rings. The Morgan fingerprint density at radius 2 is 1.36 bits per heavy atom. The Morgan fingerprint density at radius 3 is 1.96 bits per heavy atom. The van der Waals surface area contributed by atoms with Crippen molar-refractivity contribution in [1.82, 2.24) is 0 Å². The van der Waals surface area contributed by atoms with Crippen molar-refractivity contribution >= 4 is 17.4 Å². The molecule has 0 atom stereocenters. The number of carbonyl (C=O) groups is 2. The molecule has 3 aromatic carbocycles. The molecule has 0 spiro atoms. The molecule has 3 rings (SSSR count). The predicted molar refractivity (Wildman–Crippen MR) is 98.6 cm³/mol. The third-order valence-corrected chi connectivity index (χ3v) is 3.91. The monoisotopic (exact) mass is 330 g/mol. The van der Waals surface area contributed by atoms with E-state index in [2.05, 4.69) is 5.32 Å². The van der Waals surface area contributed by atoms with Gasteiger partial charge < -0.3 is 11.1 Å². The average Bonchev–Trinajstić information content (AvgIpc) is 2.68. The molecule has 0 unspecified atom stereocenters. The summed E-state index contributed by atoms with van der Waals surface area (Å²) in [5.74, 6) is -0.334. The maximum atomic E-state index is 12.6. The lowest BCUT2D eigenvalue weighted by molar-refractivity contribution is 0.102. The van der Waals surface area contributed by atoms with Gasteiger partial charge >= 0.3 is 0 Å². The van der Waals surface area contributed by atoms with E-state index in [0.29, 0.717) is 22.4 Å². The molecule has 0 aliphatic heterocycles. The normalized spacial score (nSPS) is 10.3. The number of carbonyl (C=O) groups excluding carboxylic acids is 2. The summed E-state index contributed by atoms with van der Waals surface area (Å²) >= 11 is 0. The number of anilines is 1. The zero-order valence-corrected chi connectivity index (χ0v) is 13.6. The van der Waals surface area contributed by atoms with Crippen LogP contribution in [0.15, 0.2) is 78.9 Å². The first-order chi connectivity index (χ1) is 12.2. The van der Waals surface area contributed by atoms with Crippen LogP contribution in [0.5, 0.6) is 0 Å². The van der Waals surface area contributed by atoms with Crippen molar-refractivity contribution in [3.05, 3.63) is 101 Å². The van der Waals surface area contributed by atoms with Crippen LogP contribution in [-0.2, 0) is 6.54 Å². The second kappa shape index (κ2) is 7.55. The molecule has 0 heterocycles. The fraction of sp³-hybridized carbons (Fsp3) is 0.0476. The van der Waals surface area contributed by atoms with Gasteiger partial charge in [0.1, 0.15) is 0 Å². The van der Waals surface area contributed by atoms with E-state index < -0.39 is 0 Å². The zero-order chi connectivity index (χ0) is 17.6. The Kier molecular flexibility index (Phi) is 5.02. The molecule has 0 aromatic heterocycles. The molecule has 124 valence electrons. The number of nitrogens with two attached hydrogens (primary N) is 1. The molecule has 25 heavy (non-hydrogen) atoms. The molecular weight excluding hydrogens is 312 g/mol. The summed E-state index contributed by atoms with van der Waals surface area (Å²) in [6, 6.07) is 23.1. The maximum absolute atomic E-state index is 12.6. The van der Waals surface area contributed by atoms with E-state index in [9.17, 15) is 9.59 Å². The van der Waals surface area contributed by atoms with Gasteiger partial charge in [0.15, 0.2) is 5.78 Å². The van der Waals surface area contributed by atoms with E-state index in [4.69, 9.17) is 5.73 Å². The summed E-state index contributed by atoms with van der Waals surface area (Å²) in [7, 11) is 0. The summed E-state index contributed by atoms with van der Waals surface area (Å²) in [6.07, 6.45) is 0. The van der Waals surface area contributed by atoms with Crippen molar-refractivity contribution < 1.29 is 9.59 Å². The highest BCUT2D eigenvalue weighted by Crippen LogP contribution is 2.21. The van der Waals surface area contributed by atoms with Crippen molar-refractivity contribution in [1.29, 1.82) is 0 Å². The number of rotatable bonds is 5. The highest BCUT2D eigenvalue weighted by Gasteiger charge is 2.13. The largest absolute Gasteiger partial charge is 0.326 e. The first kappa shape index (κ1) is 16.6. The van der Waals surface area contributed by atoms with Crippen LogP contribution < -0.4 is 11.1 Å². The molecule has 4 nitrogen and oxygen atoms in total. The van der Waals surface area contributed by atoms with Gasteiger partial charge in [0, 0.05) is 28.9 Å². The Labute approximate surface area is 146 Å². The molecule has 0 saturated carbocycles. The third kappa shape index (κ3) is 3.82. The van der Waals surface area contributed by atoms with Crippen molar-refractivity contribution in [2.45, 2.75) is 6.54 Å². The number of hydrogen-bond acceptors (Lipinski definition) is 3. The van der Waals surface area contributed by atoms with Gasteiger partial charge in [0.25, 0.3) is 5.91 Å². The fourth-order valence-electron chi connectivity index (χ4n) is 2.55. The van der Waals surface area contributed by atoms with Crippen LogP contribution in [0.3, 0.4) is 0 Å². The van der Waals surface area contributed by atoms with Crippen LogP contribution in [0.1, 0.15) is 31.8 Å². The molecule has 3 N–H and O–H groups in total. The molecule has 4 heteroatoms. The number of ketones is 1. The average molecular weight is 330 g/mol. The summed E-state index contributed by atoms with van der Waals surface area (Å²) in [5, 5.41) is 2.85. The van der Waals surface area contributed by atoms with Gasteiger partial charge in [0.05, 0.1) is 0 Å². The lowest BCUT2D eigenvalue weighted by atomic mass is 10.0. The Bertz CT molecular complexity index is 890. The zero-order valence-electron chi connectivity index (χ0n) is 13.6. The lowest BCUT2D eigenvalue weighted by Crippen LogP contribution is -2.15. The molecule has 1 amide bonds. The summed E-state index contributed by atoms with van der Waals surface area (Å²) in [5.41, 5.74) is 8.75. The summed E-state index contributed by atoms with van der Waals surface area (Å²) in [6.45, 7) is 0.268. The van der Waals surface area contributed by atoms with Crippen LogP contribution in [0, 0.1) is 0 Å². The van der Waals surface area contributed by atoms with Gasteiger partial charge in [-0.15, -0.1) is 0 Å². The highest BCUT2D eigenvalue weighted by molar-refractivity contribution is 6.10. The lowest BCUT2D eigenvalue weighted by Gasteiger charge is -2.12. The van der Waals surface area contributed by atoms with E-state index in [1.165, 1.54) is 0 Å². The SMILES string of the molecule is NCc1ccc(C(=O)c2ccccc2)cc1NC(=O)c1ccccc1.